The van der Waals surface area contributed by atoms with E-state index in [1.165, 1.54) is 13.2 Å². The van der Waals surface area contributed by atoms with Gasteiger partial charge in [-0.05, 0) is 42.5 Å². The van der Waals surface area contributed by atoms with E-state index in [1.54, 1.807) is 0 Å². The van der Waals surface area contributed by atoms with Crippen LogP contribution in [0, 0.1) is 11.3 Å². The zero-order valence-electron chi connectivity index (χ0n) is 17.5. The van der Waals surface area contributed by atoms with Crippen LogP contribution in [0.3, 0.4) is 0 Å². The number of sulfonamides is 1. The number of β-amino-alcohol motifs (C(OH)–C–C–N with tert-alkyl or cyclic N) is 1. The second kappa shape index (κ2) is 8.82. The van der Waals surface area contributed by atoms with Crippen molar-refractivity contribution >= 4 is 19.9 Å². The molecule has 0 radical (unpaired) electrons. The Morgan fingerprint density at radius 3 is 2.29 bits per heavy atom. The number of aliphatic hydroxyl groups is 2. The van der Waals surface area contributed by atoms with Gasteiger partial charge >= 0.3 is 6.18 Å². The molecule has 184 valence electrons. The second-order valence-corrected chi connectivity index (χ2v) is 11.6. The van der Waals surface area contributed by atoms with E-state index in [0.29, 0.717) is 28.6 Å². The summed E-state index contributed by atoms with van der Waals surface area (Å²) < 4.78 is 96.9. The maximum Gasteiger partial charge on any atom is 0.416 e. The predicted octanol–water partition coefficient (Wildman–Crippen LogP) is 1.16. The number of nitrogens with zero attached hydrogens (tertiary/aromatic N) is 2. The molecule has 14 heteroatoms. The minimum atomic E-state index is -4.70. The number of hydrogen-bond donors (Lipinski definition) is 2. The van der Waals surface area contributed by atoms with Gasteiger partial charge < -0.3 is 14.9 Å². The topological polar surface area (TPSA) is 145 Å². The highest BCUT2D eigenvalue weighted by Crippen LogP contribution is 2.37. The van der Waals surface area contributed by atoms with Crippen molar-refractivity contribution < 1.29 is 45.0 Å². The fraction of sp³-hybridized carbons (Fsp3) is 0.350. The quantitative estimate of drug-likeness (QED) is 0.577. The number of nitriles is 1. The summed E-state index contributed by atoms with van der Waals surface area (Å²) in [5.41, 5.74) is -3.42. The first-order valence-corrected chi connectivity index (χ1v) is 12.5. The SMILES string of the molecule is COc1cc(C#N)ccc1S(=O)(=O)N1C[C@H](S(=O)(=O)c2ccc(C(F)(F)F)cc2)[C@](O)(CO)C1. The average Bonchev–Trinajstić information content (AvgIpc) is 3.17. The Balaban J connectivity index is 2.02. The molecular formula is C20H19F3N2O7S2. The van der Waals surface area contributed by atoms with Crippen molar-refractivity contribution in [1.29, 1.82) is 5.26 Å². The van der Waals surface area contributed by atoms with Gasteiger partial charge in [0.15, 0.2) is 9.84 Å². The number of sulfone groups is 1. The molecule has 0 amide bonds. The molecule has 1 saturated heterocycles. The van der Waals surface area contributed by atoms with Crippen molar-refractivity contribution in [2.24, 2.45) is 0 Å². The Bertz CT molecular complexity index is 1340. The summed E-state index contributed by atoms with van der Waals surface area (Å²) in [6.45, 7) is -2.72. The number of benzene rings is 2. The molecule has 1 aliphatic heterocycles. The number of rotatable bonds is 6. The maximum absolute atomic E-state index is 13.2. The van der Waals surface area contributed by atoms with Crippen LogP contribution in [0.15, 0.2) is 52.3 Å². The molecule has 0 spiro atoms. The Morgan fingerprint density at radius 1 is 1.18 bits per heavy atom. The summed E-state index contributed by atoms with van der Waals surface area (Å²) in [7, 11) is -7.89. The molecule has 9 nitrogen and oxygen atoms in total. The van der Waals surface area contributed by atoms with Crippen LogP contribution in [0.1, 0.15) is 11.1 Å². The van der Waals surface area contributed by atoms with Gasteiger partial charge in [0, 0.05) is 13.1 Å². The molecule has 0 aliphatic carbocycles. The Morgan fingerprint density at radius 2 is 1.79 bits per heavy atom. The molecule has 0 aromatic heterocycles. The normalized spacial score (nSPS) is 21.9. The summed E-state index contributed by atoms with van der Waals surface area (Å²) in [4.78, 5) is -0.977. The van der Waals surface area contributed by atoms with Crippen molar-refractivity contribution in [3.8, 4) is 11.8 Å². The third kappa shape index (κ3) is 4.49. The molecule has 2 aromatic rings. The second-order valence-electron chi connectivity index (χ2n) is 7.59. The molecule has 1 fully saturated rings. The van der Waals surface area contributed by atoms with Gasteiger partial charge in [-0.25, -0.2) is 16.8 Å². The zero-order valence-corrected chi connectivity index (χ0v) is 19.2. The first-order chi connectivity index (χ1) is 15.7. The molecule has 0 saturated carbocycles. The van der Waals surface area contributed by atoms with Gasteiger partial charge in [-0.15, -0.1) is 0 Å². The Labute approximate surface area is 193 Å². The van der Waals surface area contributed by atoms with Crippen LogP contribution in [-0.2, 0) is 26.0 Å². The summed E-state index contributed by atoms with van der Waals surface area (Å²) in [6.07, 6.45) is -4.70. The van der Waals surface area contributed by atoms with E-state index in [4.69, 9.17) is 10.00 Å². The molecule has 34 heavy (non-hydrogen) atoms. The molecule has 1 aliphatic rings. The van der Waals surface area contributed by atoms with Crippen molar-refractivity contribution in [1.82, 2.24) is 4.31 Å². The highest BCUT2D eigenvalue weighted by Gasteiger charge is 2.55. The first-order valence-electron chi connectivity index (χ1n) is 9.53. The molecule has 0 bridgehead atoms. The maximum atomic E-state index is 13.2. The van der Waals surface area contributed by atoms with Gasteiger partial charge in [-0.1, -0.05) is 0 Å². The van der Waals surface area contributed by atoms with Crippen molar-refractivity contribution in [3.05, 3.63) is 53.6 Å². The minimum Gasteiger partial charge on any atom is -0.495 e. The molecule has 3 rings (SSSR count). The summed E-state index contributed by atoms with van der Waals surface area (Å²) >= 11 is 0. The lowest BCUT2D eigenvalue weighted by Crippen LogP contribution is -2.49. The smallest absolute Gasteiger partial charge is 0.416 e. The number of methoxy groups -OCH3 is 1. The fourth-order valence-electron chi connectivity index (χ4n) is 3.64. The Hall–Kier alpha value is -2.70. The first kappa shape index (κ1) is 25.9. The standard InChI is InChI=1S/C20H19F3N2O7S2/c1-32-16-8-13(9-24)2-7-17(16)34(30,31)25-10-18(19(27,11-25)12-26)33(28,29)15-5-3-14(4-6-15)20(21,22)23/h2-8,18,26-27H,10-12H2,1H3/t18-,19+/m0/s1. The third-order valence-electron chi connectivity index (χ3n) is 5.49. The van der Waals surface area contributed by atoms with E-state index in [-0.39, 0.29) is 11.3 Å². The van der Waals surface area contributed by atoms with Crippen LogP contribution in [-0.4, -0.2) is 69.0 Å². The van der Waals surface area contributed by atoms with Crippen LogP contribution in [0.25, 0.3) is 0 Å². The molecule has 2 aromatic carbocycles. The van der Waals surface area contributed by atoms with Crippen LogP contribution in [0.2, 0.25) is 0 Å². The van der Waals surface area contributed by atoms with Crippen LogP contribution in [0.5, 0.6) is 5.75 Å². The van der Waals surface area contributed by atoms with Gasteiger partial charge in [0.1, 0.15) is 21.5 Å². The lowest BCUT2D eigenvalue weighted by molar-refractivity contribution is -0.137. The van der Waals surface area contributed by atoms with Gasteiger partial charge in [-0.2, -0.15) is 22.7 Å². The summed E-state index contributed by atoms with van der Waals surface area (Å²) in [6, 6.07) is 7.79. The number of hydrogen-bond acceptors (Lipinski definition) is 8. The fourth-order valence-corrected chi connectivity index (χ4v) is 7.33. The van der Waals surface area contributed by atoms with Crippen molar-refractivity contribution in [2.45, 2.75) is 26.8 Å². The van der Waals surface area contributed by atoms with Gasteiger partial charge in [-0.3, -0.25) is 0 Å². The number of alkyl halides is 3. The minimum absolute atomic E-state index is 0.104. The van der Waals surface area contributed by atoms with Crippen molar-refractivity contribution in [2.75, 3.05) is 26.8 Å². The highest BCUT2D eigenvalue weighted by atomic mass is 32.2. The molecule has 2 N–H and O–H groups in total. The summed E-state index contributed by atoms with van der Waals surface area (Å²) in [5, 5.41) is 27.7. The number of halogens is 3. The lowest BCUT2D eigenvalue weighted by atomic mass is 10.1. The van der Waals surface area contributed by atoms with Crippen molar-refractivity contribution in [3.63, 3.8) is 0 Å². The summed E-state index contributed by atoms with van der Waals surface area (Å²) in [5.74, 6) is -0.194. The third-order valence-corrected chi connectivity index (χ3v) is 9.61. The number of aliphatic hydroxyl groups excluding tert-OH is 1. The van der Waals surface area contributed by atoms with E-state index in [1.807, 2.05) is 6.07 Å². The molecule has 0 unspecified atom stereocenters. The largest absolute Gasteiger partial charge is 0.495 e. The van der Waals surface area contributed by atoms with Crippen LogP contribution in [0.4, 0.5) is 13.2 Å². The van der Waals surface area contributed by atoms with E-state index in [0.717, 1.165) is 12.1 Å². The predicted molar refractivity (Wildman–Crippen MR) is 111 cm³/mol. The number of ether oxygens (including phenoxy) is 1. The van der Waals surface area contributed by atoms with Crippen LogP contribution >= 0.6 is 0 Å². The lowest BCUT2D eigenvalue weighted by Gasteiger charge is -2.26. The van der Waals surface area contributed by atoms with E-state index < -0.39 is 71.9 Å². The average molecular weight is 521 g/mol. The molecule has 1 heterocycles. The van der Waals surface area contributed by atoms with E-state index >= 15 is 0 Å². The van der Waals surface area contributed by atoms with Gasteiger partial charge in [0.05, 0.1) is 35.8 Å². The highest BCUT2D eigenvalue weighted by molar-refractivity contribution is 7.92. The van der Waals surface area contributed by atoms with Gasteiger partial charge in [0.2, 0.25) is 10.0 Å². The molecular weight excluding hydrogens is 501 g/mol. The van der Waals surface area contributed by atoms with E-state index in [2.05, 4.69) is 0 Å². The Kier molecular flexibility index (Phi) is 6.72. The van der Waals surface area contributed by atoms with Gasteiger partial charge in [0.25, 0.3) is 0 Å². The monoisotopic (exact) mass is 520 g/mol. The molecule has 2 atom stereocenters. The van der Waals surface area contributed by atoms with E-state index in [9.17, 15) is 40.2 Å². The van der Waals surface area contributed by atoms with Crippen LogP contribution < -0.4 is 4.74 Å². The zero-order chi connectivity index (χ0) is 25.5.